The molecule has 0 saturated heterocycles. The summed E-state index contributed by atoms with van der Waals surface area (Å²) in [6.45, 7) is -1.80. The van der Waals surface area contributed by atoms with E-state index >= 15 is 0 Å². The largest absolute Gasteiger partial charge is 0.452 e. The lowest BCUT2D eigenvalue weighted by Gasteiger charge is -2.07. The normalized spacial score (nSPS) is 12.8. The van der Waals surface area contributed by atoms with E-state index in [4.69, 9.17) is 0 Å². The molecule has 0 aliphatic rings. The molecule has 0 saturated carbocycles. The first-order chi connectivity index (χ1) is 8.18. The lowest BCUT2D eigenvalue weighted by atomic mass is 10.6. The van der Waals surface area contributed by atoms with Gasteiger partial charge in [0.05, 0.1) is 6.61 Å². The van der Waals surface area contributed by atoms with Crippen LogP contribution in [0.1, 0.15) is 5.82 Å². The van der Waals surface area contributed by atoms with E-state index in [1.54, 1.807) is 0 Å². The molecule has 18 heavy (non-hydrogen) atoms. The van der Waals surface area contributed by atoms with E-state index < -0.39 is 24.8 Å². The van der Waals surface area contributed by atoms with E-state index in [1.165, 1.54) is 0 Å². The summed E-state index contributed by atoms with van der Waals surface area (Å²) in [5.41, 5.74) is 0. The Hall–Kier alpha value is -1.10. The van der Waals surface area contributed by atoms with E-state index in [0.717, 1.165) is 0 Å². The second-order valence-electron chi connectivity index (χ2n) is 3.02. The van der Waals surface area contributed by atoms with Crippen LogP contribution in [0.5, 0.6) is 0 Å². The number of aromatic nitrogens is 2. The van der Waals surface area contributed by atoms with Crippen molar-refractivity contribution in [1.29, 1.82) is 0 Å². The van der Waals surface area contributed by atoms with Gasteiger partial charge in [-0.05, 0) is 0 Å². The van der Waals surface area contributed by atoms with Crippen molar-refractivity contribution in [3.8, 4) is 0 Å². The molecule has 4 nitrogen and oxygen atoms in total. The maximum atomic E-state index is 12.1. The number of hydrogen-bond donors (Lipinski definition) is 1. The van der Waals surface area contributed by atoms with Gasteiger partial charge in [0.25, 0.3) is 0 Å². The molecule has 1 aromatic rings. The average molecular weight is 295 g/mol. The molecular weight excluding hydrogens is 288 g/mol. The van der Waals surface area contributed by atoms with Gasteiger partial charge in [-0.1, -0.05) is 0 Å². The SMILES string of the molecule is FC(F)(F)COCCNc1nc(C(F)(F)F)ns1. The second-order valence-corrected chi connectivity index (χ2v) is 3.77. The smallest absolute Gasteiger partial charge is 0.370 e. The molecule has 11 heteroatoms. The van der Waals surface area contributed by atoms with Gasteiger partial charge in [0.15, 0.2) is 0 Å². The molecule has 0 amide bonds. The van der Waals surface area contributed by atoms with Crippen molar-refractivity contribution in [2.24, 2.45) is 0 Å². The van der Waals surface area contributed by atoms with Crippen molar-refractivity contribution in [3.05, 3.63) is 5.82 Å². The minimum Gasteiger partial charge on any atom is -0.370 e. The Balaban J connectivity index is 2.26. The number of hydrogen-bond acceptors (Lipinski definition) is 5. The molecule has 104 valence electrons. The third-order valence-electron chi connectivity index (χ3n) is 1.47. The molecule has 0 radical (unpaired) electrons. The van der Waals surface area contributed by atoms with Crippen LogP contribution in [-0.4, -0.2) is 35.3 Å². The molecule has 0 spiro atoms. The molecule has 1 N–H and O–H groups in total. The maximum Gasteiger partial charge on any atom is 0.452 e. The van der Waals surface area contributed by atoms with Gasteiger partial charge in [-0.2, -0.15) is 35.7 Å². The van der Waals surface area contributed by atoms with Crippen molar-refractivity contribution in [1.82, 2.24) is 9.36 Å². The molecule has 0 bridgehead atoms. The predicted octanol–water partition coefficient (Wildman–Crippen LogP) is 2.55. The van der Waals surface area contributed by atoms with Crippen LogP contribution >= 0.6 is 11.5 Å². The fourth-order valence-corrected chi connectivity index (χ4v) is 1.44. The number of anilines is 1. The monoisotopic (exact) mass is 295 g/mol. The third kappa shape index (κ3) is 5.49. The topological polar surface area (TPSA) is 47.0 Å². The van der Waals surface area contributed by atoms with Gasteiger partial charge >= 0.3 is 12.4 Å². The van der Waals surface area contributed by atoms with E-state index in [-0.39, 0.29) is 18.3 Å². The quantitative estimate of drug-likeness (QED) is 0.670. The van der Waals surface area contributed by atoms with Crippen molar-refractivity contribution >= 4 is 16.7 Å². The van der Waals surface area contributed by atoms with Crippen LogP contribution in [0.15, 0.2) is 0 Å². The first kappa shape index (κ1) is 15.0. The Morgan fingerprint density at radius 2 is 1.83 bits per heavy atom. The molecule has 1 heterocycles. The van der Waals surface area contributed by atoms with Gasteiger partial charge in [-0.15, -0.1) is 0 Å². The van der Waals surface area contributed by atoms with E-state index in [9.17, 15) is 26.3 Å². The molecule has 1 aromatic heterocycles. The first-order valence-corrected chi connectivity index (χ1v) is 5.25. The summed E-state index contributed by atoms with van der Waals surface area (Å²) in [6.07, 6.45) is -9.06. The van der Waals surface area contributed by atoms with Crippen molar-refractivity contribution < 1.29 is 31.1 Å². The third-order valence-corrected chi connectivity index (χ3v) is 2.14. The van der Waals surface area contributed by atoms with Crippen LogP contribution in [0.4, 0.5) is 31.5 Å². The van der Waals surface area contributed by atoms with Gasteiger partial charge in [-0.25, -0.2) is 0 Å². The van der Waals surface area contributed by atoms with Crippen LogP contribution in [0, 0.1) is 0 Å². The lowest BCUT2D eigenvalue weighted by Crippen LogP contribution is -2.20. The zero-order chi connectivity index (χ0) is 13.8. The fraction of sp³-hybridized carbons (Fsp3) is 0.714. The Bertz CT molecular complexity index is 376. The van der Waals surface area contributed by atoms with E-state index in [2.05, 4.69) is 19.4 Å². The number of nitrogens with one attached hydrogen (secondary N) is 1. The summed E-state index contributed by atoms with van der Waals surface area (Å²) in [7, 11) is 0. The summed E-state index contributed by atoms with van der Waals surface area (Å²) in [4.78, 5) is 3.12. The van der Waals surface area contributed by atoms with Crippen LogP contribution < -0.4 is 5.32 Å². The summed E-state index contributed by atoms with van der Waals surface area (Å²) in [6, 6.07) is 0. The van der Waals surface area contributed by atoms with Crippen LogP contribution in [0.25, 0.3) is 0 Å². The van der Waals surface area contributed by atoms with E-state index in [0.29, 0.717) is 11.5 Å². The minimum absolute atomic E-state index is 0.0947. The van der Waals surface area contributed by atoms with Crippen LogP contribution in [0.2, 0.25) is 0 Å². The molecule has 0 aromatic carbocycles. The maximum absolute atomic E-state index is 12.1. The van der Waals surface area contributed by atoms with Gasteiger partial charge in [0, 0.05) is 18.1 Å². The number of ether oxygens (including phenoxy) is 1. The number of rotatable bonds is 5. The van der Waals surface area contributed by atoms with Crippen LogP contribution in [0.3, 0.4) is 0 Å². The first-order valence-electron chi connectivity index (χ1n) is 4.48. The molecule has 0 fully saturated rings. The Morgan fingerprint density at radius 1 is 1.17 bits per heavy atom. The Morgan fingerprint density at radius 3 is 2.33 bits per heavy atom. The molecule has 1 rings (SSSR count). The van der Waals surface area contributed by atoms with Crippen LogP contribution in [-0.2, 0) is 10.9 Å². The second kappa shape index (κ2) is 5.69. The van der Waals surface area contributed by atoms with Crippen molar-refractivity contribution in [2.75, 3.05) is 25.1 Å². The summed E-state index contributed by atoms with van der Waals surface area (Å²) in [5, 5.41) is 2.25. The summed E-state index contributed by atoms with van der Waals surface area (Å²) in [5.74, 6) is -1.29. The zero-order valence-corrected chi connectivity index (χ0v) is 9.42. The summed E-state index contributed by atoms with van der Waals surface area (Å²) >= 11 is 0.470. The highest BCUT2D eigenvalue weighted by atomic mass is 32.1. The van der Waals surface area contributed by atoms with Gasteiger partial charge in [-0.3, -0.25) is 0 Å². The highest BCUT2D eigenvalue weighted by Gasteiger charge is 2.36. The number of nitrogens with zero attached hydrogens (tertiary/aromatic N) is 2. The zero-order valence-electron chi connectivity index (χ0n) is 8.60. The molecule has 0 unspecified atom stereocenters. The van der Waals surface area contributed by atoms with Crippen molar-refractivity contribution in [3.63, 3.8) is 0 Å². The Kier molecular flexibility index (Phi) is 4.73. The molecular formula is C7H7F6N3OS. The van der Waals surface area contributed by atoms with Crippen molar-refractivity contribution in [2.45, 2.75) is 12.4 Å². The lowest BCUT2D eigenvalue weighted by molar-refractivity contribution is -0.172. The van der Waals surface area contributed by atoms with Gasteiger partial charge in [0.2, 0.25) is 11.0 Å². The fourth-order valence-electron chi connectivity index (χ4n) is 0.828. The Labute approximate surface area is 101 Å². The molecule has 0 atom stereocenters. The highest BCUT2D eigenvalue weighted by molar-refractivity contribution is 7.09. The summed E-state index contributed by atoms with van der Waals surface area (Å²) < 4.78 is 78.5. The van der Waals surface area contributed by atoms with E-state index in [1.807, 2.05) is 0 Å². The number of halogens is 6. The standard InChI is InChI=1S/C7H7F6N3OS/c8-6(9,10)3-17-2-1-14-5-15-4(16-18-5)7(11,12)13/h1-3H2,(H,14,15,16). The van der Waals surface area contributed by atoms with Gasteiger partial charge in [0.1, 0.15) is 6.61 Å². The molecule has 0 aliphatic heterocycles. The number of alkyl halides is 6. The minimum atomic E-state index is -4.64. The molecule has 0 aliphatic carbocycles. The average Bonchev–Trinajstić information content (AvgIpc) is 2.63. The van der Waals surface area contributed by atoms with Gasteiger partial charge < -0.3 is 10.1 Å². The predicted molar refractivity (Wildman–Crippen MR) is 50.3 cm³/mol. The highest BCUT2D eigenvalue weighted by Crippen LogP contribution is 2.28.